The van der Waals surface area contributed by atoms with Crippen LogP contribution in [0, 0.1) is 5.92 Å². The zero-order valence-corrected chi connectivity index (χ0v) is 10.2. The predicted octanol–water partition coefficient (Wildman–Crippen LogP) is 2.45. The smallest absolute Gasteiger partial charge is 0.0795 e. The van der Waals surface area contributed by atoms with E-state index in [4.69, 9.17) is 5.84 Å². The van der Waals surface area contributed by atoms with Gasteiger partial charge in [0.25, 0.3) is 0 Å². The molecule has 17 heavy (non-hydrogen) atoms. The van der Waals surface area contributed by atoms with Gasteiger partial charge in [-0.1, -0.05) is 30.3 Å². The van der Waals surface area contributed by atoms with Gasteiger partial charge in [0.05, 0.1) is 17.2 Å². The lowest BCUT2D eigenvalue weighted by atomic mass is 10.0. The van der Waals surface area contributed by atoms with E-state index >= 15 is 0 Å². The van der Waals surface area contributed by atoms with E-state index in [1.165, 1.54) is 12.0 Å². The zero-order chi connectivity index (χ0) is 11.7. The molecule has 1 heterocycles. The van der Waals surface area contributed by atoms with Crippen LogP contribution in [-0.4, -0.2) is 4.98 Å². The summed E-state index contributed by atoms with van der Waals surface area (Å²) in [6.45, 7) is 0. The van der Waals surface area contributed by atoms with E-state index in [0.717, 1.165) is 5.69 Å². The van der Waals surface area contributed by atoms with Gasteiger partial charge in [-0.15, -0.1) is 11.3 Å². The fourth-order valence-corrected chi connectivity index (χ4v) is 3.06. The average Bonchev–Trinajstić information content (AvgIpc) is 2.97. The molecule has 1 aromatic heterocycles. The van der Waals surface area contributed by atoms with Crippen molar-refractivity contribution in [1.29, 1.82) is 0 Å². The highest BCUT2D eigenvalue weighted by atomic mass is 32.1. The van der Waals surface area contributed by atoms with Gasteiger partial charge >= 0.3 is 0 Å². The van der Waals surface area contributed by atoms with Crippen LogP contribution in [0.15, 0.2) is 41.2 Å². The van der Waals surface area contributed by atoms with Gasteiger partial charge in [-0.05, 0) is 23.8 Å². The van der Waals surface area contributed by atoms with Gasteiger partial charge in [-0.25, -0.2) is 4.98 Å². The quantitative estimate of drug-likeness (QED) is 0.642. The maximum Gasteiger partial charge on any atom is 0.0795 e. The van der Waals surface area contributed by atoms with Crippen LogP contribution in [0.5, 0.6) is 0 Å². The molecule has 0 amide bonds. The number of hydrogen-bond acceptors (Lipinski definition) is 4. The summed E-state index contributed by atoms with van der Waals surface area (Å²) >= 11 is 1.62. The van der Waals surface area contributed by atoms with Gasteiger partial charge in [0.2, 0.25) is 0 Å². The van der Waals surface area contributed by atoms with Gasteiger partial charge in [-0.3, -0.25) is 11.3 Å². The Bertz CT molecular complexity index is 469. The molecule has 3 nitrogen and oxygen atoms in total. The van der Waals surface area contributed by atoms with Crippen LogP contribution in [0.25, 0.3) is 0 Å². The second-order valence-corrected chi connectivity index (χ2v) is 5.19. The predicted molar refractivity (Wildman–Crippen MR) is 69.5 cm³/mol. The molecule has 88 valence electrons. The summed E-state index contributed by atoms with van der Waals surface area (Å²) in [5.41, 5.74) is 7.25. The van der Waals surface area contributed by atoms with Gasteiger partial charge < -0.3 is 0 Å². The molecule has 0 saturated heterocycles. The van der Waals surface area contributed by atoms with Crippen molar-refractivity contribution in [2.45, 2.75) is 18.4 Å². The number of nitrogens with two attached hydrogens (primary N) is 1. The highest BCUT2D eigenvalue weighted by molar-refractivity contribution is 7.07. The van der Waals surface area contributed by atoms with Crippen LogP contribution < -0.4 is 11.3 Å². The normalized spacial score (nSPS) is 24.5. The van der Waals surface area contributed by atoms with Gasteiger partial charge in [-0.2, -0.15) is 0 Å². The first kappa shape index (κ1) is 10.9. The Morgan fingerprint density at radius 1 is 1.35 bits per heavy atom. The van der Waals surface area contributed by atoms with Gasteiger partial charge in [0, 0.05) is 5.38 Å². The molecule has 3 atom stereocenters. The fraction of sp³-hybridized carbons (Fsp3) is 0.308. The molecule has 0 bridgehead atoms. The Hall–Kier alpha value is -1.23. The van der Waals surface area contributed by atoms with Crippen LogP contribution >= 0.6 is 11.3 Å². The molecule has 1 aliphatic rings. The minimum Gasteiger partial charge on any atom is -0.271 e. The molecule has 1 aromatic carbocycles. The third-order valence-corrected chi connectivity index (χ3v) is 4.05. The summed E-state index contributed by atoms with van der Waals surface area (Å²) in [6.07, 6.45) is 1.19. The Kier molecular flexibility index (Phi) is 2.93. The third-order valence-electron chi connectivity index (χ3n) is 3.45. The first-order valence-electron chi connectivity index (χ1n) is 5.79. The topological polar surface area (TPSA) is 50.9 Å². The van der Waals surface area contributed by atoms with Crippen molar-refractivity contribution in [3.8, 4) is 0 Å². The Balaban J connectivity index is 1.75. The van der Waals surface area contributed by atoms with Crippen molar-refractivity contribution in [2.24, 2.45) is 11.8 Å². The zero-order valence-electron chi connectivity index (χ0n) is 9.41. The molecule has 4 heteroatoms. The molecule has 3 rings (SSSR count). The molecule has 0 aliphatic heterocycles. The minimum absolute atomic E-state index is 0.187. The van der Waals surface area contributed by atoms with E-state index in [0.29, 0.717) is 11.8 Å². The Morgan fingerprint density at radius 2 is 2.18 bits per heavy atom. The van der Waals surface area contributed by atoms with Crippen LogP contribution in [0.4, 0.5) is 0 Å². The summed E-state index contributed by atoms with van der Waals surface area (Å²) in [4.78, 5) is 4.35. The molecule has 0 radical (unpaired) electrons. The SMILES string of the molecule is NNC(c1cscn1)C1CC1c1ccccc1. The number of hydrazine groups is 1. The van der Waals surface area contributed by atoms with E-state index < -0.39 is 0 Å². The molecule has 1 fully saturated rings. The summed E-state index contributed by atoms with van der Waals surface area (Å²) in [5, 5.41) is 2.07. The minimum atomic E-state index is 0.187. The molecule has 3 unspecified atom stereocenters. The first-order valence-corrected chi connectivity index (χ1v) is 6.73. The molecule has 3 N–H and O–H groups in total. The summed E-state index contributed by atoms with van der Waals surface area (Å²) in [5.74, 6) is 6.86. The number of thiazole rings is 1. The number of nitrogens with one attached hydrogen (secondary N) is 1. The van der Waals surface area contributed by atoms with Crippen LogP contribution in [-0.2, 0) is 0 Å². The highest BCUT2D eigenvalue weighted by Crippen LogP contribution is 2.53. The van der Waals surface area contributed by atoms with Gasteiger partial charge in [0.1, 0.15) is 0 Å². The van der Waals surface area contributed by atoms with Crippen molar-refractivity contribution >= 4 is 11.3 Å². The van der Waals surface area contributed by atoms with Crippen molar-refractivity contribution < 1.29 is 0 Å². The maximum atomic E-state index is 5.66. The Labute approximate surface area is 105 Å². The fourth-order valence-electron chi connectivity index (χ4n) is 2.47. The number of rotatable bonds is 4. The average molecular weight is 245 g/mol. The van der Waals surface area contributed by atoms with E-state index in [1.54, 1.807) is 11.3 Å². The van der Waals surface area contributed by atoms with Crippen LogP contribution in [0.2, 0.25) is 0 Å². The monoisotopic (exact) mass is 245 g/mol. The van der Waals surface area contributed by atoms with Crippen LogP contribution in [0.3, 0.4) is 0 Å². The van der Waals surface area contributed by atoms with Gasteiger partial charge in [0.15, 0.2) is 0 Å². The van der Waals surface area contributed by atoms with E-state index in [1.807, 2.05) is 5.51 Å². The van der Waals surface area contributed by atoms with Crippen molar-refractivity contribution in [3.05, 3.63) is 52.5 Å². The maximum absolute atomic E-state index is 5.66. The Morgan fingerprint density at radius 3 is 2.82 bits per heavy atom. The molecular formula is C13H15N3S. The number of hydrogen-bond donors (Lipinski definition) is 2. The summed E-state index contributed by atoms with van der Waals surface area (Å²) in [7, 11) is 0. The molecule has 1 saturated carbocycles. The summed E-state index contributed by atoms with van der Waals surface area (Å²) in [6, 6.07) is 10.8. The van der Waals surface area contributed by atoms with Crippen molar-refractivity contribution in [1.82, 2.24) is 10.4 Å². The first-order chi connectivity index (χ1) is 8.40. The lowest BCUT2D eigenvalue weighted by Gasteiger charge is -2.13. The second-order valence-electron chi connectivity index (χ2n) is 4.47. The number of benzene rings is 1. The second kappa shape index (κ2) is 4.56. The van der Waals surface area contributed by atoms with E-state index in [2.05, 4.69) is 46.1 Å². The number of aromatic nitrogens is 1. The largest absolute Gasteiger partial charge is 0.271 e. The highest BCUT2D eigenvalue weighted by Gasteiger charge is 2.44. The van der Waals surface area contributed by atoms with E-state index in [-0.39, 0.29) is 6.04 Å². The van der Waals surface area contributed by atoms with E-state index in [9.17, 15) is 0 Å². The van der Waals surface area contributed by atoms with Crippen LogP contribution in [0.1, 0.15) is 29.6 Å². The third kappa shape index (κ3) is 2.11. The standard InChI is InChI=1S/C13H15N3S/c14-16-13(12-7-17-8-15-12)11-6-10(11)9-4-2-1-3-5-9/h1-5,7-8,10-11,13,16H,6,14H2. The van der Waals surface area contributed by atoms with Crippen molar-refractivity contribution in [2.75, 3.05) is 0 Å². The molecular weight excluding hydrogens is 230 g/mol. The number of nitrogens with zero attached hydrogens (tertiary/aromatic N) is 1. The lowest BCUT2D eigenvalue weighted by molar-refractivity contribution is 0.478. The lowest BCUT2D eigenvalue weighted by Crippen LogP contribution is -2.30. The van der Waals surface area contributed by atoms with Crippen molar-refractivity contribution in [3.63, 3.8) is 0 Å². The molecule has 2 aromatic rings. The molecule has 1 aliphatic carbocycles. The summed E-state index contributed by atoms with van der Waals surface area (Å²) < 4.78 is 0. The molecule has 0 spiro atoms.